The first kappa shape index (κ1) is 28.7. The number of carbonyl (C=O) groups excluding carboxylic acids is 1. The monoisotopic (exact) mass is 601 g/mol. The van der Waals surface area contributed by atoms with Crippen molar-refractivity contribution in [2.45, 2.75) is 31.4 Å². The maximum atomic E-state index is 13.8. The van der Waals surface area contributed by atoms with Gasteiger partial charge in [-0.05, 0) is 60.7 Å². The molecular formula is C30H24Cl2F3N3O3. The molecule has 0 atom stereocenters. The molecule has 2 heterocycles. The summed E-state index contributed by atoms with van der Waals surface area (Å²) in [6.45, 7) is 0.679. The molecule has 1 saturated heterocycles. The fourth-order valence-electron chi connectivity index (χ4n) is 5.15. The summed E-state index contributed by atoms with van der Waals surface area (Å²) < 4.78 is 40.4. The van der Waals surface area contributed by atoms with Gasteiger partial charge in [-0.15, -0.1) is 0 Å². The van der Waals surface area contributed by atoms with E-state index in [1.165, 1.54) is 16.8 Å². The van der Waals surface area contributed by atoms with Gasteiger partial charge in [-0.25, -0.2) is 4.68 Å². The van der Waals surface area contributed by atoms with Crippen molar-refractivity contribution in [3.05, 3.63) is 105 Å². The van der Waals surface area contributed by atoms with Crippen molar-refractivity contribution in [3.63, 3.8) is 0 Å². The van der Waals surface area contributed by atoms with Crippen LogP contribution in [0.25, 0.3) is 16.9 Å². The largest absolute Gasteiger partial charge is 0.481 e. The molecule has 11 heteroatoms. The molecule has 1 aliphatic heterocycles. The zero-order valence-electron chi connectivity index (χ0n) is 21.5. The fourth-order valence-corrected chi connectivity index (χ4v) is 5.49. The highest BCUT2D eigenvalue weighted by molar-refractivity contribution is 6.32. The molecule has 1 aromatic heterocycles. The molecule has 3 aromatic carbocycles. The molecule has 1 N–H and O–H groups in total. The van der Waals surface area contributed by atoms with Crippen molar-refractivity contribution in [2.75, 3.05) is 13.1 Å². The number of alkyl halides is 3. The Labute approximate surface area is 243 Å². The van der Waals surface area contributed by atoms with Crippen LogP contribution in [0.5, 0.6) is 0 Å². The first-order valence-corrected chi connectivity index (χ1v) is 13.6. The van der Waals surface area contributed by atoms with Crippen LogP contribution in [0.15, 0.2) is 72.8 Å². The summed E-state index contributed by atoms with van der Waals surface area (Å²) in [7, 11) is 0. The lowest BCUT2D eigenvalue weighted by molar-refractivity contribution is -0.138. The first-order chi connectivity index (χ1) is 19.5. The maximum absolute atomic E-state index is 13.8. The number of aliphatic carboxylic acids is 1. The number of carboxylic acid groups (broad SMARTS) is 1. The van der Waals surface area contributed by atoms with E-state index in [1.807, 2.05) is 0 Å². The van der Waals surface area contributed by atoms with Crippen LogP contribution in [0.2, 0.25) is 10.0 Å². The summed E-state index contributed by atoms with van der Waals surface area (Å²) in [5.41, 5.74) is 1.83. The Bertz CT molecular complexity index is 1580. The third-order valence-electron chi connectivity index (χ3n) is 7.20. The van der Waals surface area contributed by atoms with Crippen LogP contribution >= 0.6 is 23.2 Å². The summed E-state index contributed by atoms with van der Waals surface area (Å²) >= 11 is 12.6. The Hall–Kier alpha value is -3.82. The van der Waals surface area contributed by atoms with Gasteiger partial charge in [0.25, 0.3) is 5.91 Å². The average Bonchev–Trinajstić information content (AvgIpc) is 3.31. The van der Waals surface area contributed by atoms with Crippen molar-refractivity contribution >= 4 is 35.1 Å². The lowest BCUT2D eigenvalue weighted by atomic mass is 9.88. The van der Waals surface area contributed by atoms with E-state index in [4.69, 9.17) is 23.2 Å². The lowest BCUT2D eigenvalue weighted by Crippen LogP contribution is -2.38. The predicted molar refractivity (Wildman–Crippen MR) is 150 cm³/mol. The van der Waals surface area contributed by atoms with Gasteiger partial charge in [-0.1, -0.05) is 59.6 Å². The lowest BCUT2D eigenvalue weighted by Gasteiger charge is -2.32. The van der Waals surface area contributed by atoms with Gasteiger partial charge in [0.1, 0.15) is 0 Å². The van der Waals surface area contributed by atoms with Crippen LogP contribution in [-0.4, -0.2) is 44.8 Å². The molecule has 1 amide bonds. The number of benzene rings is 3. The third-order valence-corrected chi connectivity index (χ3v) is 7.78. The van der Waals surface area contributed by atoms with Crippen LogP contribution in [0, 0.1) is 0 Å². The van der Waals surface area contributed by atoms with Crippen LogP contribution < -0.4 is 0 Å². The number of carbonyl (C=O) groups is 2. The van der Waals surface area contributed by atoms with E-state index in [0.717, 1.165) is 17.7 Å². The fraction of sp³-hybridized carbons (Fsp3) is 0.233. The molecule has 0 aliphatic carbocycles. The van der Waals surface area contributed by atoms with Crippen LogP contribution in [0.1, 0.15) is 45.9 Å². The number of hydrogen-bond acceptors (Lipinski definition) is 3. The number of rotatable bonds is 6. The number of likely N-dealkylation sites (tertiary alicyclic amines) is 1. The van der Waals surface area contributed by atoms with E-state index in [2.05, 4.69) is 5.10 Å². The molecule has 1 aliphatic rings. The Kier molecular flexibility index (Phi) is 8.11. The number of aromatic nitrogens is 2. The molecule has 0 spiro atoms. The molecule has 0 radical (unpaired) electrons. The second-order valence-corrected chi connectivity index (χ2v) is 10.6. The van der Waals surface area contributed by atoms with Crippen molar-refractivity contribution in [1.29, 1.82) is 0 Å². The SMILES string of the molecule is O=C(O)Cc1c(C(=O)N2CCC(c3ccc(C(F)(F)F)cc3)CC2)nn(-c2ccccc2Cl)c1-c1ccc(Cl)cc1. The van der Waals surface area contributed by atoms with E-state index < -0.39 is 30.0 Å². The Morgan fingerprint density at radius 1 is 0.927 bits per heavy atom. The van der Waals surface area contributed by atoms with Crippen molar-refractivity contribution in [1.82, 2.24) is 14.7 Å². The van der Waals surface area contributed by atoms with Gasteiger partial charge >= 0.3 is 12.1 Å². The van der Waals surface area contributed by atoms with Gasteiger partial charge < -0.3 is 10.0 Å². The number of nitrogens with zero attached hydrogens (tertiary/aromatic N) is 3. The number of halogens is 5. The highest BCUT2D eigenvalue weighted by atomic mass is 35.5. The van der Waals surface area contributed by atoms with Gasteiger partial charge in [-0.2, -0.15) is 18.3 Å². The highest BCUT2D eigenvalue weighted by Crippen LogP contribution is 2.36. The number of amides is 1. The van der Waals surface area contributed by atoms with Gasteiger partial charge in [0.05, 0.1) is 28.4 Å². The second-order valence-electron chi connectivity index (χ2n) is 9.80. The first-order valence-electron chi connectivity index (χ1n) is 12.8. The third kappa shape index (κ3) is 6.11. The number of hydrogen-bond donors (Lipinski definition) is 1. The minimum Gasteiger partial charge on any atom is -0.481 e. The molecule has 41 heavy (non-hydrogen) atoms. The van der Waals surface area contributed by atoms with Crippen molar-refractivity contribution in [2.24, 2.45) is 0 Å². The molecular weight excluding hydrogens is 578 g/mol. The second kappa shape index (κ2) is 11.6. The molecule has 0 unspecified atom stereocenters. The van der Waals surface area contributed by atoms with Crippen LogP contribution in [0.4, 0.5) is 13.2 Å². The van der Waals surface area contributed by atoms with Crippen molar-refractivity contribution in [3.8, 4) is 16.9 Å². The summed E-state index contributed by atoms with van der Waals surface area (Å²) in [5.74, 6) is -1.56. The Morgan fingerprint density at radius 2 is 1.56 bits per heavy atom. The topological polar surface area (TPSA) is 75.4 Å². The highest BCUT2D eigenvalue weighted by Gasteiger charge is 2.33. The van der Waals surface area contributed by atoms with E-state index in [0.29, 0.717) is 52.9 Å². The summed E-state index contributed by atoms with van der Waals surface area (Å²) in [5, 5.41) is 15.3. The summed E-state index contributed by atoms with van der Waals surface area (Å²) in [6.07, 6.45) is -3.77. The molecule has 5 rings (SSSR count). The molecule has 0 bridgehead atoms. The Balaban J connectivity index is 1.48. The molecule has 1 fully saturated rings. The average molecular weight is 602 g/mol. The van der Waals surface area contributed by atoms with E-state index in [-0.39, 0.29) is 17.2 Å². The predicted octanol–water partition coefficient (Wildman–Crippen LogP) is 7.51. The normalized spacial score (nSPS) is 14.3. The molecule has 212 valence electrons. The summed E-state index contributed by atoms with van der Waals surface area (Å²) in [4.78, 5) is 27.4. The zero-order chi connectivity index (χ0) is 29.3. The summed E-state index contributed by atoms with van der Waals surface area (Å²) in [6, 6.07) is 18.8. The minimum absolute atomic E-state index is 0.00486. The standard InChI is InChI=1S/C30H24Cl2F3N3O3/c31-22-11-7-20(8-12-22)28-23(17-26(39)40)27(36-38(28)25-4-2-1-3-24(25)32)29(41)37-15-13-19(14-16-37)18-5-9-21(10-6-18)30(33,34)35/h1-12,19H,13-17H2,(H,39,40). The van der Waals surface area contributed by atoms with Gasteiger partial charge in [0.15, 0.2) is 5.69 Å². The van der Waals surface area contributed by atoms with Gasteiger partial charge in [0, 0.05) is 29.2 Å². The van der Waals surface area contributed by atoms with Gasteiger partial charge in [0.2, 0.25) is 0 Å². The van der Waals surface area contributed by atoms with E-state index in [1.54, 1.807) is 53.4 Å². The number of carboxylic acids is 1. The number of para-hydroxylation sites is 1. The number of piperidine rings is 1. The van der Waals surface area contributed by atoms with Gasteiger partial charge in [-0.3, -0.25) is 9.59 Å². The quantitative estimate of drug-likeness (QED) is 0.248. The van der Waals surface area contributed by atoms with Crippen LogP contribution in [0.3, 0.4) is 0 Å². The van der Waals surface area contributed by atoms with E-state index in [9.17, 15) is 27.9 Å². The molecule has 4 aromatic rings. The van der Waals surface area contributed by atoms with E-state index >= 15 is 0 Å². The van der Waals surface area contributed by atoms with Crippen molar-refractivity contribution < 1.29 is 27.9 Å². The smallest absolute Gasteiger partial charge is 0.416 e. The molecule has 6 nitrogen and oxygen atoms in total. The van der Waals surface area contributed by atoms with Crippen LogP contribution in [-0.2, 0) is 17.4 Å². The minimum atomic E-state index is -4.40. The zero-order valence-corrected chi connectivity index (χ0v) is 23.0. The molecule has 0 saturated carbocycles. The Morgan fingerprint density at radius 3 is 2.15 bits per heavy atom. The maximum Gasteiger partial charge on any atom is 0.416 e.